The third-order valence-corrected chi connectivity index (χ3v) is 5.03. The maximum absolute atomic E-state index is 13.0. The van der Waals surface area contributed by atoms with Crippen LogP contribution in [0.25, 0.3) is 0 Å². The first-order valence-electron chi connectivity index (χ1n) is 9.47. The van der Waals surface area contributed by atoms with E-state index in [1.807, 2.05) is 6.92 Å². The summed E-state index contributed by atoms with van der Waals surface area (Å²) in [5.74, 6) is -1.05. The number of amides is 2. The number of nitrogens with two attached hydrogens (primary N) is 1. The van der Waals surface area contributed by atoms with Gasteiger partial charge >= 0.3 is 5.97 Å². The highest BCUT2D eigenvalue weighted by Gasteiger charge is 2.39. The molecule has 0 saturated heterocycles. The van der Waals surface area contributed by atoms with Gasteiger partial charge in [0, 0.05) is 23.6 Å². The molecule has 0 radical (unpaired) electrons. The van der Waals surface area contributed by atoms with Crippen LogP contribution < -0.4 is 20.5 Å². The molecule has 3 N–H and O–H groups in total. The Morgan fingerprint density at radius 1 is 1.07 bits per heavy atom. The van der Waals surface area contributed by atoms with E-state index in [9.17, 15) is 14.4 Å². The Balaban J connectivity index is 1.94. The monoisotopic (exact) mass is 412 g/mol. The SMILES string of the molecule is COc1cc(NC(=O)C2CC2C)c(C(=O)OC(C(N)=O)c2ccccc2)cc1OC. The number of anilines is 1. The highest BCUT2D eigenvalue weighted by Crippen LogP contribution is 2.40. The van der Waals surface area contributed by atoms with Crippen LogP contribution in [0.5, 0.6) is 11.5 Å². The zero-order valence-corrected chi connectivity index (χ0v) is 17.0. The maximum atomic E-state index is 13.0. The van der Waals surface area contributed by atoms with Crippen molar-refractivity contribution in [2.24, 2.45) is 17.6 Å². The lowest BCUT2D eigenvalue weighted by atomic mass is 10.1. The number of nitrogens with one attached hydrogen (secondary N) is 1. The number of hydrogen-bond acceptors (Lipinski definition) is 6. The number of esters is 1. The van der Waals surface area contributed by atoms with Crippen LogP contribution in [0.2, 0.25) is 0 Å². The van der Waals surface area contributed by atoms with Gasteiger partial charge in [-0.3, -0.25) is 9.59 Å². The molecule has 8 heteroatoms. The number of rotatable bonds is 8. The quantitative estimate of drug-likeness (QED) is 0.644. The Hall–Kier alpha value is -3.55. The molecule has 0 heterocycles. The van der Waals surface area contributed by atoms with Gasteiger partial charge in [0.05, 0.1) is 25.5 Å². The number of methoxy groups -OCH3 is 2. The minimum absolute atomic E-state index is 0.0245. The van der Waals surface area contributed by atoms with Crippen LogP contribution in [0.15, 0.2) is 42.5 Å². The molecule has 2 aromatic carbocycles. The first-order valence-corrected chi connectivity index (χ1v) is 9.47. The van der Waals surface area contributed by atoms with Gasteiger partial charge < -0.3 is 25.3 Å². The molecule has 0 spiro atoms. The summed E-state index contributed by atoms with van der Waals surface area (Å²) < 4.78 is 16.0. The normalized spacial score (nSPS) is 18.1. The van der Waals surface area contributed by atoms with Gasteiger partial charge in [0.25, 0.3) is 5.91 Å². The Morgan fingerprint density at radius 2 is 1.67 bits per heavy atom. The van der Waals surface area contributed by atoms with Crippen molar-refractivity contribution in [2.45, 2.75) is 19.4 Å². The van der Waals surface area contributed by atoms with Crippen LogP contribution in [0.1, 0.15) is 35.4 Å². The van der Waals surface area contributed by atoms with Crippen molar-refractivity contribution in [2.75, 3.05) is 19.5 Å². The van der Waals surface area contributed by atoms with E-state index in [0.717, 1.165) is 6.42 Å². The van der Waals surface area contributed by atoms with Crippen molar-refractivity contribution >= 4 is 23.5 Å². The second-order valence-electron chi connectivity index (χ2n) is 7.16. The van der Waals surface area contributed by atoms with E-state index in [1.54, 1.807) is 30.3 Å². The standard InChI is InChI=1S/C22H24N2O6/c1-12-9-14(12)21(26)24-16-11-18(29-3)17(28-2)10-15(16)22(27)30-19(20(23)25)13-7-5-4-6-8-13/h4-8,10-12,14,19H,9H2,1-3H3,(H2,23,25)(H,24,26). The molecule has 1 saturated carbocycles. The van der Waals surface area contributed by atoms with E-state index in [4.69, 9.17) is 19.9 Å². The number of ether oxygens (including phenoxy) is 3. The summed E-state index contributed by atoms with van der Waals surface area (Å²) in [5, 5.41) is 2.76. The largest absolute Gasteiger partial charge is 0.493 e. The summed E-state index contributed by atoms with van der Waals surface area (Å²) in [6, 6.07) is 11.3. The van der Waals surface area contributed by atoms with Gasteiger partial charge in [-0.2, -0.15) is 0 Å². The van der Waals surface area contributed by atoms with E-state index < -0.39 is 18.0 Å². The fraction of sp³-hybridized carbons (Fsp3) is 0.318. The van der Waals surface area contributed by atoms with Gasteiger partial charge in [-0.25, -0.2) is 4.79 Å². The molecule has 8 nitrogen and oxygen atoms in total. The summed E-state index contributed by atoms with van der Waals surface area (Å²) >= 11 is 0. The van der Waals surface area contributed by atoms with Gasteiger partial charge in [0.15, 0.2) is 11.5 Å². The highest BCUT2D eigenvalue weighted by atomic mass is 16.5. The molecule has 0 bridgehead atoms. The highest BCUT2D eigenvalue weighted by molar-refractivity contribution is 6.04. The van der Waals surface area contributed by atoms with Crippen LogP contribution in [-0.2, 0) is 14.3 Å². The molecule has 2 amide bonds. The Labute approximate surface area is 174 Å². The molecule has 1 fully saturated rings. The summed E-state index contributed by atoms with van der Waals surface area (Å²) in [5.41, 5.74) is 6.12. The van der Waals surface area contributed by atoms with Crippen molar-refractivity contribution in [1.82, 2.24) is 0 Å². The fourth-order valence-electron chi connectivity index (χ4n) is 3.15. The summed E-state index contributed by atoms with van der Waals surface area (Å²) in [7, 11) is 2.87. The van der Waals surface area contributed by atoms with Gasteiger partial charge in [-0.15, -0.1) is 0 Å². The number of carbonyl (C=O) groups is 3. The molecule has 3 unspecified atom stereocenters. The van der Waals surface area contributed by atoms with E-state index in [0.29, 0.717) is 11.3 Å². The van der Waals surface area contributed by atoms with Crippen LogP contribution in [0, 0.1) is 11.8 Å². The molecule has 158 valence electrons. The smallest absolute Gasteiger partial charge is 0.341 e. The first-order chi connectivity index (χ1) is 14.3. The lowest BCUT2D eigenvalue weighted by Crippen LogP contribution is -2.27. The molecular formula is C22H24N2O6. The van der Waals surface area contributed by atoms with E-state index in [-0.39, 0.29) is 34.7 Å². The Morgan fingerprint density at radius 3 is 2.20 bits per heavy atom. The lowest BCUT2D eigenvalue weighted by Gasteiger charge is -2.18. The van der Waals surface area contributed by atoms with Crippen molar-refractivity contribution in [3.05, 3.63) is 53.6 Å². The van der Waals surface area contributed by atoms with Crippen molar-refractivity contribution in [3.63, 3.8) is 0 Å². The molecule has 3 rings (SSSR count). The Kier molecular flexibility index (Phi) is 6.25. The third-order valence-electron chi connectivity index (χ3n) is 5.03. The van der Waals surface area contributed by atoms with Gasteiger partial charge in [0.1, 0.15) is 0 Å². The summed E-state index contributed by atoms with van der Waals surface area (Å²) in [6.07, 6.45) is -0.491. The van der Waals surface area contributed by atoms with E-state index >= 15 is 0 Å². The van der Waals surface area contributed by atoms with E-state index in [1.165, 1.54) is 26.4 Å². The molecule has 1 aliphatic rings. The summed E-state index contributed by atoms with van der Waals surface area (Å²) in [4.78, 5) is 37.3. The summed E-state index contributed by atoms with van der Waals surface area (Å²) in [6.45, 7) is 1.98. The predicted octanol–water partition coefficient (Wildman–Crippen LogP) is 2.68. The molecule has 0 aliphatic heterocycles. The number of primary amides is 1. The number of carbonyl (C=O) groups excluding carboxylic acids is 3. The average Bonchev–Trinajstić information content (AvgIpc) is 3.48. The van der Waals surface area contributed by atoms with Crippen LogP contribution in [-0.4, -0.2) is 32.0 Å². The van der Waals surface area contributed by atoms with Crippen LogP contribution in [0.4, 0.5) is 5.69 Å². The Bertz CT molecular complexity index is 960. The fourth-order valence-corrected chi connectivity index (χ4v) is 3.15. The minimum atomic E-state index is -1.28. The number of benzene rings is 2. The lowest BCUT2D eigenvalue weighted by molar-refractivity contribution is -0.127. The second kappa shape index (κ2) is 8.86. The van der Waals surface area contributed by atoms with E-state index in [2.05, 4.69) is 5.32 Å². The van der Waals surface area contributed by atoms with Crippen molar-refractivity contribution in [1.29, 1.82) is 0 Å². The molecule has 2 aromatic rings. The van der Waals surface area contributed by atoms with Crippen LogP contribution >= 0.6 is 0 Å². The predicted molar refractivity (Wildman–Crippen MR) is 109 cm³/mol. The maximum Gasteiger partial charge on any atom is 0.341 e. The van der Waals surface area contributed by atoms with Gasteiger partial charge in [-0.1, -0.05) is 37.3 Å². The third kappa shape index (κ3) is 4.53. The van der Waals surface area contributed by atoms with Crippen LogP contribution in [0.3, 0.4) is 0 Å². The van der Waals surface area contributed by atoms with Gasteiger partial charge in [0.2, 0.25) is 12.0 Å². The molecular weight excluding hydrogens is 388 g/mol. The molecule has 0 aromatic heterocycles. The zero-order valence-electron chi connectivity index (χ0n) is 17.0. The average molecular weight is 412 g/mol. The first kappa shape index (κ1) is 21.2. The molecule has 30 heavy (non-hydrogen) atoms. The van der Waals surface area contributed by atoms with Gasteiger partial charge in [-0.05, 0) is 12.3 Å². The number of hydrogen-bond donors (Lipinski definition) is 2. The second-order valence-corrected chi connectivity index (χ2v) is 7.16. The molecule has 3 atom stereocenters. The zero-order chi connectivity index (χ0) is 21.8. The minimum Gasteiger partial charge on any atom is -0.493 e. The molecule has 1 aliphatic carbocycles. The van der Waals surface area contributed by atoms with Crippen molar-refractivity contribution in [3.8, 4) is 11.5 Å². The van der Waals surface area contributed by atoms with Crippen molar-refractivity contribution < 1.29 is 28.6 Å². The topological polar surface area (TPSA) is 117 Å².